The van der Waals surface area contributed by atoms with Gasteiger partial charge in [0.05, 0.1) is 19.8 Å². The standard InChI is InChI=1S/C10H20O2.C6H15NO3.H3O4P/c1-2-3-4-5-6-7-8-9-10(11)12;8-4-1-7(2-5-9)3-6-10;1-5(2,3)4/h2-9H2,1H3,(H,11,12);8-10H,1-6H2;(H3,1,2,3,4). The van der Waals surface area contributed by atoms with Gasteiger partial charge in [-0.15, -0.1) is 0 Å². The third-order valence-corrected chi connectivity index (χ3v) is 3.24. The second-order valence-corrected chi connectivity index (χ2v) is 6.82. The van der Waals surface area contributed by atoms with Crippen molar-refractivity contribution >= 4 is 13.8 Å². The molecule has 11 heteroatoms. The number of aliphatic carboxylic acids is 1. The number of hydrogen-bond donors (Lipinski definition) is 7. The van der Waals surface area contributed by atoms with Crippen molar-refractivity contribution < 1.29 is 44.5 Å². The Morgan fingerprint density at radius 3 is 1.41 bits per heavy atom. The first kappa shape index (κ1) is 31.1. The summed E-state index contributed by atoms with van der Waals surface area (Å²) >= 11 is 0. The third kappa shape index (κ3) is 45.9. The van der Waals surface area contributed by atoms with Crippen LogP contribution in [0.1, 0.15) is 58.3 Å². The molecule has 0 spiro atoms. The summed E-state index contributed by atoms with van der Waals surface area (Å²) in [7, 11) is -4.64. The Bertz CT molecular complexity index is 330. The van der Waals surface area contributed by atoms with E-state index in [0.717, 1.165) is 12.8 Å². The van der Waals surface area contributed by atoms with Crippen LogP contribution in [0.15, 0.2) is 0 Å². The van der Waals surface area contributed by atoms with Crippen LogP contribution in [0.25, 0.3) is 0 Å². The summed E-state index contributed by atoms with van der Waals surface area (Å²) in [5.74, 6) is -0.663. The van der Waals surface area contributed by atoms with Gasteiger partial charge in [-0.2, -0.15) is 0 Å². The van der Waals surface area contributed by atoms with Gasteiger partial charge in [0.15, 0.2) is 0 Å². The average Bonchev–Trinajstić information content (AvgIpc) is 2.54. The lowest BCUT2D eigenvalue weighted by Crippen LogP contribution is -2.32. The van der Waals surface area contributed by atoms with Crippen LogP contribution in [0.2, 0.25) is 0 Å². The molecule has 0 bridgehead atoms. The monoisotopic (exact) mass is 419 g/mol. The second kappa shape index (κ2) is 23.5. The number of nitrogens with zero attached hydrogens (tertiary/aromatic N) is 1. The van der Waals surface area contributed by atoms with E-state index in [-0.39, 0.29) is 19.8 Å². The van der Waals surface area contributed by atoms with Crippen molar-refractivity contribution in [3.05, 3.63) is 0 Å². The highest BCUT2D eigenvalue weighted by Gasteiger charge is 2.01. The molecule has 0 unspecified atom stereocenters. The van der Waals surface area contributed by atoms with Crippen LogP contribution >= 0.6 is 7.82 Å². The van der Waals surface area contributed by atoms with Gasteiger partial charge in [0.1, 0.15) is 0 Å². The highest BCUT2D eigenvalue weighted by Crippen LogP contribution is 2.25. The molecular formula is C16H38NO9P. The van der Waals surface area contributed by atoms with E-state index in [1.807, 2.05) is 0 Å². The summed E-state index contributed by atoms with van der Waals surface area (Å²) in [5.41, 5.74) is 0. The number of carboxylic acid groups (broad SMARTS) is 1. The fraction of sp³-hybridized carbons (Fsp3) is 0.938. The minimum Gasteiger partial charge on any atom is -0.481 e. The van der Waals surface area contributed by atoms with Crippen molar-refractivity contribution in [3.63, 3.8) is 0 Å². The van der Waals surface area contributed by atoms with E-state index in [0.29, 0.717) is 26.1 Å². The number of unbranched alkanes of at least 4 members (excludes halogenated alkanes) is 6. The first-order chi connectivity index (χ1) is 12.6. The molecule has 0 aliphatic heterocycles. The Morgan fingerprint density at radius 1 is 0.778 bits per heavy atom. The topological polar surface area (TPSA) is 179 Å². The molecule has 0 atom stereocenters. The van der Waals surface area contributed by atoms with Crippen molar-refractivity contribution in [2.75, 3.05) is 39.5 Å². The second-order valence-electron chi connectivity index (χ2n) is 5.79. The summed E-state index contributed by atoms with van der Waals surface area (Å²) < 4.78 is 8.88. The third-order valence-electron chi connectivity index (χ3n) is 3.24. The molecule has 0 aromatic rings. The zero-order valence-electron chi connectivity index (χ0n) is 16.2. The number of aliphatic hydroxyl groups is 3. The molecular weight excluding hydrogens is 381 g/mol. The average molecular weight is 419 g/mol. The Morgan fingerprint density at radius 2 is 1.11 bits per heavy atom. The number of aliphatic hydroxyl groups excluding tert-OH is 3. The van der Waals surface area contributed by atoms with Crippen molar-refractivity contribution in [1.82, 2.24) is 4.90 Å². The van der Waals surface area contributed by atoms with Gasteiger partial charge in [0.2, 0.25) is 0 Å². The molecule has 0 aliphatic carbocycles. The van der Waals surface area contributed by atoms with E-state index in [2.05, 4.69) is 6.92 Å². The van der Waals surface area contributed by atoms with Crippen LogP contribution in [-0.4, -0.2) is 85.4 Å². The van der Waals surface area contributed by atoms with Crippen LogP contribution in [0.5, 0.6) is 0 Å². The highest BCUT2D eigenvalue weighted by molar-refractivity contribution is 7.45. The largest absolute Gasteiger partial charge is 0.481 e. The zero-order valence-corrected chi connectivity index (χ0v) is 17.1. The Balaban J connectivity index is -0.000000347. The highest BCUT2D eigenvalue weighted by atomic mass is 31.2. The van der Waals surface area contributed by atoms with Crippen molar-refractivity contribution in [2.24, 2.45) is 0 Å². The molecule has 0 heterocycles. The van der Waals surface area contributed by atoms with Gasteiger partial charge in [-0.3, -0.25) is 9.69 Å². The predicted molar refractivity (Wildman–Crippen MR) is 102 cm³/mol. The lowest BCUT2D eigenvalue weighted by Gasteiger charge is -2.17. The van der Waals surface area contributed by atoms with Crippen molar-refractivity contribution in [3.8, 4) is 0 Å². The molecule has 0 fully saturated rings. The van der Waals surface area contributed by atoms with E-state index in [1.165, 1.54) is 32.1 Å². The summed E-state index contributed by atoms with van der Waals surface area (Å²) in [4.78, 5) is 33.5. The molecule has 166 valence electrons. The summed E-state index contributed by atoms with van der Waals surface area (Å²) in [5, 5.41) is 33.8. The zero-order chi connectivity index (χ0) is 21.6. The van der Waals surface area contributed by atoms with Crippen molar-refractivity contribution in [1.29, 1.82) is 0 Å². The van der Waals surface area contributed by atoms with Crippen molar-refractivity contribution in [2.45, 2.75) is 58.3 Å². The van der Waals surface area contributed by atoms with E-state index in [4.69, 9.17) is 39.7 Å². The predicted octanol–water partition coefficient (Wildman–Crippen LogP) is 0.548. The van der Waals surface area contributed by atoms with Gasteiger partial charge in [0, 0.05) is 26.1 Å². The molecule has 0 aliphatic rings. The Hall–Kier alpha value is -0.580. The summed E-state index contributed by atoms with van der Waals surface area (Å²) in [6.07, 6.45) is 8.64. The minimum absolute atomic E-state index is 0.0694. The lowest BCUT2D eigenvalue weighted by molar-refractivity contribution is -0.137. The number of phosphoric acid groups is 1. The molecule has 10 nitrogen and oxygen atoms in total. The summed E-state index contributed by atoms with van der Waals surface area (Å²) in [6, 6.07) is 0. The van der Waals surface area contributed by atoms with Gasteiger partial charge in [0.25, 0.3) is 0 Å². The van der Waals surface area contributed by atoms with E-state index in [9.17, 15) is 4.79 Å². The van der Waals surface area contributed by atoms with Gasteiger partial charge in [-0.25, -0.2) is 4.57 Å². The normalized spacial score (nSPS) is 10.7. The number of rotatable bonds is 14. The van der Waals surface area contributed by atoms with Gasteiger partial charge >= 0.3 is 13.8 Å². The Kier molecular flexibility index (Phi) is 27.0. The SMILES string of the molecule is CCCCCCCCCC(=O)O.O=P(O)(O)O.OCCN(CCO)CCO. The van der Waals surface area contributed by atoms with E-state index < -0.39 is 13.8 Å². The fourth-order valence-electron chi connectivity index (χ4n) is 1.99. The van der Waals surface area contributed by atoms with Gasteiger partial charge < -0.3 is 35.1 Å². The quantitative estimate of drug-likeness (QED) is 0.155. The number of hydrogen-bond acceptors (Lipinski definition) is 6. The van der Waals surface area contributed by atoms with E-state index >= 15 is 0 Å². The minimum atomic E-state index is -4.64. The molecule has 0 saturated heterocycles. The van der Waals surface area contributed by atoms with Crippen LogP contribution in [0.4, 0.5) is 0 Å². The van der Waals surface area contributed by atoms with Crippen LogP contribution in [0.3, 0.4) is 0 Å². The van der Waals surface area contributed by atoms with Crippen LogP contribution < -0.4 is 0 Å². The lowest BCUT2D eigenvalue weighted by atomic mass is 10.1. The molecule has 0 aromatic carbocycles. The van der Waals surface area contributed by atoms with Gasteiger partial charge in [-0.1, -0.05) is 45.4 Å². The molecule has 0 saturated carbocycles. The maximum Gasteiger partial charge on any atom is 0.466 e. The molecule has 7 N–H and O–H groups in total. The fourth-order valence-corrected chi connectivity index (χ4v) is 1.99. The smallest absolute Gasteiger partial charge is 0.466 e. The molecule has 27 heavy (non-hydrogen) atoms. The maximum atomic E-state index is 10.1. The molecule has 0 aromatic heterocycles. The first-order valence-corrected chi connectivity index (χ1v) is 10.7. The van der Waals surface area contributed by atoms with E-state index in [1.54, 1.807) is 4.90 Å². The Labute approximate surface area is 161 Å². The maximum absolute atomic E-state index is 10.1. The number of carboxylic acids is 1. The van der Waals surface area contributed by atoms with Gasteiger partial charge in [-0.05, 0) is 6.42 Å². The first-order valence-electron chi connectivity index (χ1n) is 9.17. The molecule has 0 amide bonds. The molecule has 0 radical (unpaired) electrons. The van der Waals surface area contributed by atoms with Crippen LogP contribution in [0, 0.1) is 0 Å². The summed E-state index contributed by atoms with van der Waals surface area (Å²) in [6.45, 7) is 3.95. The van der Waals surface area contributed by atoms with Crippen LogP contribution in [-0.2, 0) is 9.36 Å². The molecule has 0 rings (SSSR count). The number of carbonyl (C=O) groups is 1.